The molecule has 1 unspecified atom stereocenters. The number of nitrogens with zero attached hydrogens (tertiary/aromatic N) is 2. The number of imide groups is 1. The Hall–Kier alpha value is -1.48. The number of ether oxygens (including phenoxy) is 1. The Labute approximate surface area is 149 Å². The molecule has 0 aliphatic carbocycles. The Kier molecular flexibility index (Phi) is 5.50. The van der Waals surface area contributed by atoms with Crippen LogP contribution in [-0.4, -0.2) is 75.7 Å². The van der Waals surface area contributed by atoms with Crippen molar-refractivity contribution in [1.29, 1.82) is 0 Å². The molecule has 0 bridgehead atoms. The van der Waals surface area contributed by atoms with Crippen LogP contribution in [0.15, 0.2) is 24.3 Å². The maximum absolute atomic E-state index is 12.3. The fraction of sp³-hybridized carbons (Fsp3) is 0.438. The molecule has 0 radical (unpaired) electrons. The maximum Gasteiger partial charge on any atom is 0.261 e. The van der Waals surface area contributed by atoms with Crippen LogP contribution in [0.5, 0.6) is 0 Å². The molecule has 2 amide bonds. The number of morpholine rings is 1. The second-order valence-corrected chi connectivity index (χ2v) is 7.25. The van der Waals surface area contributed by atoms with Crippen LogP contribution in [0.1, 0.15) is 20.7 Å². The Bertz CT molecular complexity index is 626. The van der Waals surface area contributed by atoms with E-state index in [9.17, 15) is 14.7 Å². The van der Waals surface area contributed by atoms with E-state index in [1.807, 2.05) is 4.90 Å². The van der Waals surface area contributed by atoms with Gasteiger partial charge in [-0.2, -0.15) is 0 Å². The molecular formula is C16H18N2O4S2. The van der Waals surface area contributed by atoms with Crippen molar-refractivity contribution in [3.05, 3.63) is 35.4 Å². The van der Waals surface area contributed by atoms with E-state index in [1.54, 1.807) is 24.3 Å². The Morgan fingerprint density at radius 2 is 1.79 bits per heavy atom. The molecule has 8 heteroatoms. The number of fused-ring (bicyclic) bond motifs is 1. The van der Waals surface area contributed by atoms with Crippen molar-refractivity contribution in [3.8, 4) is 0 Å². The van der Waals surface area contributed by atoms with Gasteiger partial charge in [-0.05, 0) is 12.1 Å². The SMILES string of the molecule is O=C1c2ccccc2C(=O)N1CC(O)CSC(=S)N1CCOCC1. The number of thiocarbonyl (C=S) groups is 1. The molecule has 2 aliphatic rings. The summed E-state index contributed by atoms with van der Waals surface area (Å²) < 4.78 is 5.98. The minimum absolute atomic E-state index is 0.0227. The molecule has 0 saturated carbocycles. The Morgan fingerprint density at radius 1 is 1.21 bits per heavy atom. The van der Waals surface area contributed by atoms with Crippen molar-refractivity contribution in [2.45, 2.75) is 6.10 Å². The lowest BCUT2D eigenvalue weighted by Gasteiger charge is -2.29. The molecule has 1 atom stereocenters. The number of hydrogen-bond donors (Lipinski definition) is 1. The predicted octanol–water partition coefficient (Wildman–Crippen LogP) is 0.994. The van der Waals surface area contributed by atoms with Gasteiger partial charge < -0.3 is 14.7 Å². The van der Waals surface area contributed by atoms with Gasteiger partial charge in [0, 0.05) is 18.8 Å². The van der Waals surface area contributed by atoms with Crippen LogP contribution >= 0.6 is 24.0 Å². The molecule has 1 fully saturated rings. The maximum atomic E-state index is 12.3. The summed E-state index contributed by atoms with van der Waals surface area (Å²) in [5.41, 5.74) is 0.789. The summed E-state index contributed by atoms with van der Waals surface area (Å²) in [7, 11) is 0. The number of aliphatic hydroxyl groups excluding tert-OH is 1. The van der Waals surface area contributed by atoms with Crippen LogP contribution in [0.3, 0.4) is 0 Å². The molecule has 1 saturated heterocycles. The number of carbonyl (C=O) groups excluding carboxylic acids is 2. The topological polar surface area (TPSA) is 70.1 Å². The van der Waals surface area contributed by atoms with Gasteiger partial charge >= 0.3 is 0 Å². The monoisotopic (exact) mass is 366 g/mol. The molecule has 0 aromatic heterocycles. The van der Waals surface area contributed by atoms with Crippen LogP contribution in [-0.2, 0) is 4.74 Å². The third-order valence-corrected chi connectivity index (χ3v) is 5.61. The van der Waals surface area contributed by atoms with E-state index in [-0.39, 0.29) is 18.4 Å². The minimum atomic E-state index is -0.823. The van der Waals surface area contributed by atoms with Crippen LogP contribution in [0.25, 0.3) is 0 Å². The second kappa shape index (κ2) is 7.60. The molecule has 0 spiro atoms. The van der Waals surface area contributed by atoms with Gasteiger partial charge in [-0.3, -0.25) is 14.5 Å². The number of amides is 2. The van der Waals surface area contributed by atoms with Gasteiger partial charge in [0.25, 0.3) is 11.8 Å². The summed E-state index contributed by atoms with van der Waals surface area (Å²) in [6, 6.07) is 6.70. The molecule has 3 rings (SSSR count). The molecule has 2 aliphatic heterocycles. The van der Waals surface area contributed by atoms with Gasteiger partial charge in [0.15, 0.2) is 0 Å². The lowest BCUT2D eigenvalue weighted by atomic mass is 10.1. The Morgan fingerprint density at radius 3 is 2.38 bits per heavy atom. The van der Waals surface area contributed by atoms with Gasteiger partial charge in [-0.25, -0.2) is 0 Å². The highest BCUT2D eigenvalue weighted by molar-refractivity contribution is 8.22. The average molecular weight is 366 g/mol. The third-order valence-electron chi connectivity index (χ3n) is 3.94. The molecule has 2 heterocycles. The largest absolute Gasteiger partial charge is 0.390 e. The molecule has 1 aromatic carbocycles. The van der Waals surface area contributed by atoms with Crippen LogP contribution < -0.4 is 0 Å². The highest BCUT2D eigenvalue weighted by Crippen LogP contribution is 2.23. The normalized spacial score (nSPS) is 18.7. The van der Waals surface area contributed by atoms with Crippen molar-refractivity contribution in [2.24, 2.45) is 0 Å². The average Bonchev–Trinajstić information content (AvgIpc) is 2.86. The van der Waals surface area contributed by atoms with Crippen molar-refractivity contribution in [3.63, 3.8) is 0 Å². The van der Waals surface area contributed by atoms with Gasteiger partial charge in [0.1, 0.15) is 4.32 Å². The second-order valence-electron chi connectivity index (χ2n) is 5.60. The summed E-state index contributed by atoms with van der Waals surface area (Å²) >= 11 is 6.72. The van der Waals surface area contributed by atoms with Gasteiger partial charge in [-0.1, -0.05) is 36.1 Å². The zero-order chi connectivity index (χ0) is 17.1. The van der Waals surface area contributed by atoms with Gasteiger partial charge in [-0.15, -0.1) is 0 Å². The van der Waals surface area contributed by atoms with Crippen LogP contribution in [0, 0.1) is 0 Å². The summed E-state index contributed by atoms with van der Waals surface area (Å²) in [5.74, 6) is -0.366. The first kappa shape index (κ1) is 17.3. The smallest absolute Gasteiger partial charge is 0.261 e. The van der Waals surface area contributed by atoms with Gasteiger partial charge in [0.05, 0.1) is 37.0 Å². The molecule has 24 heavy (non-hydrogen) atoms. The zero-order valence-corrected chi connectivity index (χ0v) is 14.6. The number of aliphatic hydroxyl groups is 1. The first-order valence-electron chi connectivity index (χ1n) is 7.70. The van der Waals surface area contributed by atoms with E-state index < -0.39 is 6.10 Å². The molecule has 1 aromatic rings. The highest BCUT2D eigenvalue weighted by atomic mass is 32.2. The first-order valence-corrected chi connectivity index (χ1v) is 9.10. The van der Waals surface area contributed by atoms with E-state index in [4.69, 9.17) is 17.0 Å². The molecular weight excluding hydrogens is 348 g/mol. The standard InChI is InChI=1S/C16H18N2O4S2/c19-11(10-24-16(23)17-5-7-22-8-6-17)9-18-14(20)12-3-1-2-4-13(12)15(18)21/h1-4,11,19H,5-10H2. The third kappa shape index (κ3) is 3.61. The molecule has 1 N–H and O–H groups in total. The van der Waals surface area contributed by atoms with E-state index in [0.717, 1.165) is 18.0 Å². The summed E-state index contributed by atoms with van der Waals surface area (Å²) in [6.07, 6.45) is -0.823. The lowest BCUT2D eigenvalue weighted by molar-refractivity contribution is 0.0567. The number of rotatable bonds is 4. The van der Waals surface area contributed by atoms with Crippen molar-refractivity contribution in [2.75, 3.05) is 38.6 Å². The summed E-state index contributed by atoms with van der Waals surface area (Å²) in [5, 5.41) is 10.2. The first-order chi connectivity index (χ1) is 11.6. The van der Waals surface area contributed by atoms with Crippen molar-refractivity contribution in [1.82, 2.24) is 9.80 Å². The minimum Gasteiger partial charge on any atom is -0.390 e. The Balaban J connectivity index is 1.52. The number of thioether (sulfide) groups is 1. The van der Waals surface area contributed by atoms with Crippen molar-refractivity contribution >= 4 is 40.1 Å². The molecule has 6 nitrogen and oxygen atoms in total. The predicted molar refractivity (Wildman–Crippen MR) is 95.3 cm³/mol. The van der Waals surface area contributed by atoms with E-state index in [1.165, 1.54) is 11.8 Å². The van der Waals surface area contributed by atoms with Crippen LogP contribution in [0.2, 0.25) is 0 Å². The van der Waals surface area contributed by atoms with E-state index >= 15 is 0 Å². The highest BCUT2D eigenvalue weighted by Gasteiger charge is 2.36. The fourth-order valence-corrected chi connectivity index (χ4v) is 3.87. The number of β-amino-alcohol motifs (C(OH)–C–C–N with tert-alkyl or cyclic N) is 1. The van der Waals surface area contributed by atoms with Gasteiger partial charge in [0.2, 0.25) is 0 Å². The number of benzene rings is 1. The summed E-state index contributed by atoms with van der Waals surface area (Å²) in [4.78, 5) is 27.7. The summed E-state index contributed by atoms with van der Waals surface area (Å²) in [6.45, 7) is 2.78. The lowest BCUT2D eigenvalue weighted by Crippen LogP contribution is -2.40. The van der Waals surface area contributed by atoms with E-state index in [2.05, 4.69) is 0 Å². The number of hydrogen-bond acceptors (Lipinski definition) is 6. The van der Waals surface area contributed by atoms with Crippen molar-refractivity contribution < 1.29 is 19.4 Å². The molecule has 128 valence electrons. The van der Waals surface area contributed by atoms with Crippen LogP contribution in [0.4, 0.5) is 0 Å². The fourth-order valence-electron chi connectivity index (χ4n) is 2.67. The number of carbonyl (C=O) groups is 2. The van der Waals surface area contributed by atoms with E-state index in [0.29, 0.717) is 34.4 Å². The quantitative estimate of drug-likeness (QED) is 0.629. The zero-order valence-electron chi connectivity index (χ0n) is 13.0.